The van der Waals surface area contributed by atoms with Gasteiger partial charge in [-0.2, -0.15) is 0 Å². The molecule has 0 amide bonds. The molecule has 6 N–H and O–H groups in total. The summed E-state index contributed by atoms with van der Waals surface area (Å²) in [4.78, 5) is 13.0. The van der Waals surface area contributed by atoms with E-state index >= 15 is 0 Å². The third kappa shape index (κ3) is 4.54. The zero-order chi connectivity index (χ0) is 33.1. The molecule has 0 aromatic heterocycles. The maximum Gasteiger partial charge on any atom is 0.312 e. The molecular formula is C36H58O9. The average molecular weight is 635 g/mol. The van der Waals surface area contributed by atoms with E-state index < -0.39 is 54.8 Å². The van der Waals surface area contributed by atoms with E-state index in [-0.39, 0.29) is 39.1 Å². The van der Waals surface area contributed by atoms with Gasteiger partial charge in [0.1, 0.15) is 29.8 Å². The molecule has 1 saturated heterocycles. The highest BCUT2D eigenvalue weighted by atomic mass is 16.7. The van der Waals surface area contributed by atoms with Crippen molar-refractivity contribution < 1.29 is 44.9 Å². The van der Waals surface area contributed by atoms with Gasteiger partial charge in [-0.15, -0.1) is 0 Å². The molecule has 9 nitrogen and oxygen atoms in total. The Bertz CT molecular complexity index is 1210. The zero-order valence-electron chi connectivity index (χ0n) is 28.3. The topological polar surface area (TPSA) is 157 Å². The van der Waals surface area contributed by atoms with Crippen molar-refractivity contribution in [3.8, 4) is 0 Å². The Morgan fingerprint density at radius 1 is 0.889 bits per heavy atom. The second-order valence-electron chi connectivity index (χ2n) is 18.0. The van der Waals surface area contributed by atoms with Gasteiger partial charge in [0.25, 0.3) is 0 Å². The lowest BCUT2D eigenvalue weighted by Crippen LogP contribution is -2.68. The van der Waals surface area contributed by atoms with Crippen LogP contribution in [0.3, 0.4) is 0 Å². The SMILES string of the molecule is CC1(C)CC[C@@]2(C(=O)O)[C@@H](O)C[C@@]3(C)C(=CC[C@H]4[C@]5(C)CC[C@@H](O[C@H]6O[C@@H](CO)[C@H](O)[C@@H](O)[C@@H]6O)C(C)(C)[C@@H]5CC[C@]43C)[C@@H]2C1. The van der Waals surface area contributed by atoms with E-state index in [1.165, 1.54) is 5.57 Å². The molecular weight excluding hydrogens is 576 g/mol. The number of carboxylic acids is 1. The summed E-state index contributed by atoms with van der Waals surface area (Å²) in [6.07, 6.45) is 1.79. The predicted molar refractivity (Wildman–Crippen MR) is 167 cm³/mol. The smallest absolute Gasteiger partial charge is 0.312 e. The van der Waals surface area contributed by atoms with Gasteiger partial charge in [0.2, 0.25) is 0 Å². The van der Waals surface area contributed by atoms with E-state index in [0.29, 0.717) is 24.7 Å². The average Bonchev–Trinajstić information content (AvgIpc) is 2.94. The van der Waals surface area contributed by atoms with E-state index in [1.54, 1.807) is 0 Å². The summed E-state index contributed by atoms with van der Waals surface area (Å²) >= 11 is 0. The molecule has 14 atom stereocenters. The van der Waals surface area contributed by atoms with E-state index in [2.05, 4.69) is 54.5 Å². The number of aliphatic hydroxyl groups is 5. The first-order valence-corrected chi connectivity index (χ1v) is 17.4. The van der Waals surface area contributed by atoms with Crippen molar-refractivity contribution in [1.82, 2.24) is 0 Å². The highest BCUT2D eigenvalue weighted by Gasteiger charge is 2.71. The van der Waals surface area contributed by atoms with Crippen LogP contribution in [0.25, 0.3) is 0 Å². The molecule has 5 aliphatic carbocycles. The van der Waals surface area contributed by atoms with Gasteiger partial charge in [0.05, 0.1) is 18.8 Å². The molecule has 5 fully saturated rings. The number of rotatable bonds is 4. The molecule has 0 bridgehead atoms. The van der Waals surface area contributed by atoms with Crippen LogP contribution in [0.4, 0.5) is 0 Å². The monoisotopic (exact) mass is 634 g/mol. The Morgan fingerprint density at radius 3 is 2.22 bits per heavy atom. The number of carbonyl (C=O) groups is 1. The van der Waals surface area contributed by atoms with Crippen LogP contribution in [0.15, 0.2) is 11.6 Å². The summed E-state index contributed by atoms with van der Waals surface area (Å²) in [5.74, 6) is -0.382. The molecule has 1 aliphatic heterocycles. The largest absolute Gasteiger partial charge is 0.481 e. The molecule has 0 unspecified atom stereocenters. The van der Waals surface area contributed by atoms with Crippen molar-refractivity contribution >= 4 is 5.97 Å². The van der Waals surface area contributed by atoms with Gasteiger partial charge in [-0.25, -0.2) is 0 Å². The minimum atomic E-state index is -1.47. The second-order valence-corrected chi connectivity index (χ2v) is 18.0. The van der Waals surface area contributed by atoms with Crippen LogP contribution < -0.4 is 0 Å². The minimum absolute atomic E-state index is 0.0210. The molecule has 6 rings (SSSR count). The molecule has 0 spiro atoms. The third-order valence-corrected chi connectivity index (χ3v) is 15.2. The van der Waals surface area contributed by atoms with Gasteiger partial charge in [-0.3, -0.25) is 4.79 Å². The Balaban J connectivity index is 1.31. The lowest BCUT2D eigenvalue weighted by Gasteiger charge is -2.71. The van der Waals surface area contributed by atoms with Crippen LogP contribution in [0.5, 0.6) is 0 Å². The first kappa shape index (κ1) is 33.8. The van der Waals surface area contributed by atoms with Crippen molar-refractivity contribution in [3.05, 3.63) is 11.6 Å². The molecule has 45 heavy (non-hydrogen) atoms. The highest BCUT2D eigenvalue weighted by Crippen LogP contribution is 2.76. The summed E-state index contributed by atoms with van der Waals surface area (Å²) in [6, 6.07) is 0. The van der Waals surface area contributed by atoms with E-state index in [1.807, 2.05) is 0 Å². The lowest BCUT2D eigenvalue weighted by atomic mass is 9.33. The van der Waals surface area contributed by atoms with Crippen molar-refractivity contribution in [2.24, 2.45) is 50.2 Å². The molecule has 0 radical (unpaired) electrons. The number of allylic oxidation sites excluding steroid dienone is 2. The van der Waals surface area contributed by atoms with Gasteiger partial charge in [0, 0.05) is 0 Å². The maximum atomic E-state index is 13.0. The van der Waals surface area contributed by atoms with E-state index in [0.717, 1.165) is 44.9 Å². The van der Waals surface area contributed by atoms with Gasteiger partial charge < -0.3 is 40.1 Å². The summed E-state index contributed by atoms with van der Waals surface area (Å²) in [5.41, 5.74) is -0.571. The first-order chi connectivity index (χ1) is 20.8. The van der Waals surface area contributed by atoms with Gasteiger partial charge in [0.15, 0.2) is 6.29 Å². The normalized spacial score (nSPS) is 53.6. The summed E-state index contributed by atoms with van der Waals surface area (Å²) in [7, 11) is 0. The van der Waals surface area contributed by atoms with Gasteiger partial charge >= 0.3 is 5.97 Å². The molecule has 0 aromatic rings. The standard InChI is InChI=1S/C36H58O9/c1-31(2)14-15-36(30(42)43)20(16-31)19-8-9-23-33(5)12-11-25(45-29-28(41)27(40)26(39)21(18-37)44-29)32(3,4)22(33)10-13-34(23,6)35(19,7)17-24(36)38/h8,20-29,37-41H,9-18H2,1-7H3,(H,42,43)/t20-,21-,22-,23-,24-,25+,26-,27+,28-,29+,33+,34+,35-,36-/m0/s1. The van der Waals surface area contributed by atoms with Gasteiger partial charge in [-0.1, -0.05) is 60.1 Å². The van der Waals surface area contributed by atoms with Gasteiger partial charge in [-0.05, 0) is 103 Å². The van der Waals surface area contributed by atoms with Crippen LogP contribution in [-0.2, 0) is 14.3 Å². The molecule has 256 valence electrons. The highest BCUT2D eigenvalue weighted by molar-refractivity contribution is 5.77. The minimum Gasteiger partial charge on any atom is -0.481 e. The quantitative estimate of drug-likeness (QED) is 0.199. The van der Waals surface area contributed by atoms with E-state index in [9.17, 15) is 35.4 Å². The Morgan fingerprint density at radius 2 is 1.58 bits per heavy atom. The lowest BCUT2D eigenvalue weighted by molar-refractivity contribution is -0.330. The number of aliphatic carboxylic acids is 1. The van der Waals surface area contributed by atoms with Crippen molar-refractivity contribution in [1.29, 1.82) is 0 Å². The zero-order valence-corrected chi connectivity index (χ0v) is 28.3. The molecule has 6 aliphatic rings. The summed E-state index contributed by atoms with van der Waals surface area (Å²) < 4.78 is 12.2. The fourth-order valence-corrected chi connectivity index (χ4v) is 12.3. The van der Waals surface area contributed by atoms with Crippen LogP contribution in [0.2, 0.25) is 0 Å². The fourth-order valence-electron chi connectivity index (χ4n) is 12.3. The number of carboxylic acid groups (broad SMARTS) is 1. The van der Waals surface area contributed by atoms with Crippen molar-refractivity contribution in [2.45, 2.75) is 149 Å². The van der Waals surface area contributed by atoms with E-state index in [4.69, 9.17) is 9.47 Å². The predicted octanol–water partition coefficient (Wildman–Crippen LogP) is 4.03. The molecule has 0 aromatic carbocycles. The maximum absolute atomic E-state index is 13.0. The number of fused-ring (bicyclic) bond motifs is 7. The number of ether oxygens (including phenoxy) is 2. The summed E-state index contributed by atoms with van der Waals surface area (Å²) in [5, 5.41) is 63.5. The summed E-state index contributed by atoms with van der Waals surface area (Å²) in [6.45, 7) is 15.6. The molecule has 1 heterocycles. The number of aliphatic hydroxyl groups excluding tert-OH is 5. The Hall–Kier alpha value is -1.07. The molecule has 4 saturated carbocycles. The first-order valence-electron chi connectivity index (χ1n) is 17.4. The van der Waals surface area contributed by atoms with Crippen molar-refractivity contribution in [2.75, 3.05) is 6.61 Å². The fraction of sp³-hybridized carbons (Fsp3) is 0.917. The number of hydrogen-bond acceptors (Lipinski definition) is 8. The van der Waals surface area contributed by atoms with Crippen LogP contribution >= 0.6 is 0 Å². The molecule has 9 heteroatoms. The second kappa shape index (κ2) is 10.7. The Kier molecular flexibility index (Phi) is 8.05. The van der Waals surface area contributed by atoms with Crippen LogP contribution in [-0.4, -0.2) is 86.1 Å². The van der Waals surface area contributed by atoms with Crippen LogP contribution in [0.1, 0.15) is 106 Å². The number of hydrogen-bond donors (Lipinski definition) is 6. The Labute approximate surface area is 268 Å². The van der Waals surface area contributed by atoms with Crippen LogP contribution in [0, 0.1) is 50.2 Å². The third-order valence-electron chi connectivity index (χ3n) is 15.2. The van der Waals surface area contributed by atoms with Crippen molar-refractivity contribution in [3.63, 3.8) is 0 Å².